The predicted molar refractivity (Wildman–Crippen MR) is 56.5 cm³/mol. The van der Waals surface area contributed by atoms with Gasteiger partial charge >= 0.3 is 12.1 Å². The van der Waals surface area contributed by atoms with Crippen LogP contribution in [-0.4, -0.2) is 21.0 Å². The molecule has 0 bridgehead atoms. The fraction of sp³-hybridized carbons (Fsp3) is 0.100. The van der Waals surface area contributed by atoms with E-state index in [1.165, 1.54) is 0 Å². The second kappa shape index (κ2) is 4.09. The molecule has 0 amide bonds. The fourth-order valence-electron chi connectivity index (χ4n) is 1.36. The van der Waals surface area contributed by atoms with Crippen LogP contribution in [0.2, 0.25) is 5.15 Å². The molecule has 2 rings (SSSR count). The summed E-state index contributed by atoms with van der Waals surface area (Å²) in [5.74, 6) is -2.11. The van der Waals surface area contributed by atoms with Gasteiger partial charge in [0.2, 0.25) is 5.82 Å². The van der Waals surface area contributed by atoms with Crippen molar-refractivity contribution in [1.82, 2.24) is 9.97 Å². The van der Waals surface area contributed by atoms with E-state index >= 15 is 0 Å². The van der Waals surface area contributed by atoms with Crippen LogP contribution in [0.25, 0.3) is 10.9 Å². The van der Waals surface area contributed by atoms with E-state index in [0.717, 1.165) is 18.2 Å². The minimum absolute atomic E-state index is 0.162. The van der Waals surface area contributed by atoms with Crippen molar-refractivity contribution in [2.45, 2.75) is 6.18 Å². The van der Waals surface area contributed by atoms with Crippen LogP contribution in [0.1, 0.15) is 16.2 Å². The number of nitrogens with zero attached hydrogens (tertiary/aromatic N) is 2. The Balaban J connectivity index is 2.72. The van der Waals surface area contributed by atoms with E-state index in [1.54, 1.807) is 0 Å². The third kappa shape index (κ3) is 2.21. The molecule has 0 radical (unpaired) electrons. The van der Waals surface area contributed by atoms with E-state index in [2.05, 4.69) is 9.97 Å². The van der Waals surface area contributed by atoms with Crippen LogP contribution in [0, 0.1) is 0 Å². The molecule has 1 aromatic carbocycles. The molecule has 0 aliphatic carbocycles. The number of aromatic nitrogens is 2. The quantitative estimate of drug-likeness (QED) is 0.813. The lowest BCUT2D eigenvalue weighted by molar-refractivity contribution is -0.137. The third-order valence-electron chi connectivity index (χ3n) is 2.17. The van der Waals surface area contributed by atoms with Gasteiger partial charge in [-0.05, 0) is 18.2 Å². The first kappa shape index (κ1) is 12.6. The van der Waals surface area contributed by atoms with Crippen LogP contribution in [0.15, 0.2) is 18.2 Å². The van der Waals surface area contributed by atoms with Gasteiger partial charge in [-0.25, -0.2) is 14.8 Å². The van der Waals surface area contributed by atoms with E-state index in [-0.39, 0.29) is 16.1 Å². The van der Waals surface area contributed by atoms with Crippen molar-refractivity contribution in [3.63, 3.8) is 0 Å². The van der Waals surface area contributed by atoms with Crippen molar-refractivity contribution in [3.05, 3.63) is 34.7 Å². The summed E-state index contributed by atoms with van der Waals surface area (Å²) in [6, 6.07) is 2.67. The van der Waals surface area contributed by atoms with Crippen LogP contribution in [-0.2, 0) is 6.18 Å². The molecule has 0 atom stereocenters. The average Bonchev–Trinajstić information content (AvgIpc) is 2.26. The van der Waals surface area contributed by atoms with Crippen LogP contribution in [0.5, 0.6) is 0 Å². The van der Waals surface area contributed by atoms with Crippen molar-refractivity contribution >= 4 is 28.5 Å². The van der Waals surface area contributed by atoms with E-state index < -0.39 is 23.5 Å². The molecule has 1 aromatic heterocycles. The highest BCUT2D eigenvalue weighted by atomic mass is 35.5. The number of alkyl halides is 3. The van der Waals surface area contributed by atoms with Crippen LogP contribution in [0.3, 0.4) is 0 Å². The molecule has 18 heavy (non-hydrogen) atoms. The van der Waals surface area contributed by atoms with Crippen molar-refractivity contribution in [1.29, 1.82) is 0 Å². The van der Waals surface area contributed by atoms with Crippen LogP contribution >= 0.6 is 11.6 Å². The van der Waals surface area contributed by atoms with Gasteiger partial charge in [-0.15, -0.1) is 0 Å². The van der Waals surface area contributed by atoms with Crippen molar-refractivity contribution in [2.24, 2.45) is 0 Å². The molecule has 0 saturated heterocycles. The number of aromatic carboxylic acids is 1. The molecule has 1 heterocycles. The molecule has 0 saturated carbocycles. The Hall–Kier alpha value is -1.89. The maximum absolute atomic E-state index is 12.5. The highest BCUT2D eigenvalue weighted by Gasteiger charge is 2.31. The summed E-state index contributed by atoms with van der Waals surface area (Å²) in [4.78, 5) is 17.7. The molecule has 1 N–H and O–H groups in total. The minimum atomic E-state index is -4.53. The third-order valence-corrected chi connectivity index (χ3v) is 2.46. The smallest absolute Gasteiger partial charge is 0.416 e. The molecule has 0 fully saturated rings. The number of carbonyl (C=O) groups is 1. The summed E-state index contributed by atoms with van der Waals surface area (Å²) >= 11 is 5.68. The summed E-state index contributed by atoms with van der Waals surface area (Å²) in [5.41, 5.74) is -1.09. The molecular weight excluding hydrogens is 273 g/mol. The Morgan fingerprint density at radius 1 is 1.28 bits per heavy atom. The standard InChI is InChI=1S/C10H4ClF3N2O2/c11-7-5-2-1-4(10(12,13)14)3-6(5)15-8(16-7)9(17)18/h1-3H,(H,17,18). The molecule has 0 aliphatic rings. The first-order valence-corrected chi connectivity index (χ1v) is 4.94. The van der Waals surface area contributed by atoms with Gasteiger partial charge in [0.1, 0.15) is 5.15 Å². The zero-order chi connectivity index (χ0) is 13.5. The summed E-state index contributed by atoms with van der Waals surface area (Å²) in [6.45, 7) is 0. The topological polar surface area (TPSA) is 63.1 Å². The maximum atomic E-state index is 12.5. The molecule has 0 aliphatic heterocycles. The second-order valence-corrected chi connectivity index (χ2v) is 3.73. The minimum Gasteiger partial charge on any atom is -0.475 e. The number of fused-ring (bicyclic) bond motifs is 1. The second-order valence-electron chi connectivity index (χ2n) is 3.37. The first-order valence-electron chi connectivity index (χ1n) is 4.57. The van der Waals surface area contributed by atoms with E-state index in [1.807, 2.05) is 0 Å². The molecule has 4 nitrogen and oxygen atoms in total. The number of hydrogen-bond acceptors (Lipinski definition) is 3. The number of rotatable bonds is 1. The Kier molecular flexibility index (Phi) is 2.86. The average molecular weight is 277 g/mol. The number of halogens is 4. The molecule has 0 unspecified atom stereocenters. The SMILES string of the molecule is O=C(O)c1nc(Cl)c2ccc(C(F)(F)F)cc2n1. The summed E-state index contributed by atoms with van der Waals surface area (Å²) in [5, 5.41) is 8.65. The van der Waals surface area contributed by atoms with Gasteiger partial charge in [0.15, 0.2) is 0 Å². The lowest BCUT2D eigenvalue weighted by Gasteiger charge is -2.08. The summed E-state index contributed by atoms with van der Waals surface area (Å²) in [6.07, 6.45) is -4.53. The lowest BCUT2D eigenvalue weighted by atomic mass is 10.1. The molecular formula is C10H4ClF3N2O2. The highest BCUT2D eigenvalue weighted by Crippen LogP contribution is 2.32. The molecule has 0 spiro atoms. The van der Waals surface area contributed by atoms with Gasteiger partial charge in [-0.2, -0.15) is 13.2 Å². The summed E-state index contributed by atoms with van der Waals surface area (Å²) in [7, 11) is 0. The van der Waals surface area contributed by atoms with Crippen molar-refractivity contribution in [3.8, 4) is 0 Å². The fourth-order valence-corrected chi connectivity index (χ4v) is 1.60. The molecule has 8 heteroatoms. The predicted octanol–water partition coefficient (Wildman–Crippen LogP) is 3.00. The molecule has 94 valence electrons. The monoisotopic (exact) mass is 276 g/mol. The normalized spacial score (nSPS) is 11.8. The highest BCUT2D eigenvalue weighted by molar-refractivity contribution is 6.34. The van der Waals surface area contributed by atoms with E-state index in [0.29, 0.717) is 0 Å². The maximum Gasteiger partial charge on any atom is 0.416 e. The van der Waals surface area contributed by atoms with Gasteiger partial charge in [-0.1, -0.05) is 11.6 Å². The lowest BCUT2D eigenvalue weighted by Crippen LogP contribution is -2.07. The molecule has 2 aromatic rings. The van der Waals surface area contributed by atoms with Gasteiger partial charge in [-0.3, -0.25) is 0 Å². The van der Waals surface area contributed by atoms with E-state index in [9.17, 15) is 18.0 Å². The van der Waals surface area contributed by atoms with Crippen LogP contribution in [0.4, 0.5) is 13.2 Å². The Bertz CT molecular complexity index is 643. The Morgan fingerprint density at radius 3 is 2.50 bits per heavy atom. The van der Waals surface area contributed by atoms with Crippen LogP contribution < -0.4 is 0 Å². The zero-order valence-corrected chi connectivity index (χ0v) is 9.25. The number of benzene rings is 1. The summed E-state index contributed by atoms with van der Waals surface area (Å²) < 4.78 is 37.4. The van der Waals surface area contributed by atoms with Gasteiger partial charge in [0.25, 0.3) is 0 Å². The number of carboxylic acid groups (broad SMARTS) is 1. The van der Waals surface area contributed by atoms with Gasteiger partial charge in [0.05, 0.1) is 11.1 Å². The van der Waals surface area contributed by atoms with Crippen molar-refractivity contribution < 1.29 is 23.1 Å². The number of carboxylic acids is 1. The largest absolute Gasteiger partial charge is 0.475 e. The Morgan fingerprint density at radius 2 is 1.94 bits per heavy atom. The Labute approximate surface area is 103 Å². The van der Waals surface area contributed by atoms with Gasteiger partial charge in [0, 0.05) is 5.39 Å². The van der Waals surface area contributed by atoms with Crippen molar-refractivity contribution in [2.75, 3.05) is 0 Å². The van der Waals surface area contributed by atoms with E-state index in [4.69, 9.17) is 16.7 Å². The number of hydrogen-bond donors (Lipinski definition) is 1. The zero-order valence-electron chi connectivity index (χ0n) is 8.49. The van der Waals surface area contributed by atoms with Gasteiger partial charge < -0.3 is 5.11 Å². The first-order chi connectivity index (χ1) is 8.29.